The molecule has 17 heavy (non-hydrogen) atoms. The van der Waals surface area contributed by atoms with Crippen LogP contribution in [-0.4, -0.2) is 58.9 Å². The Morgan fingerprint density at radius 3 is 2.24 bits per heavy atom. The number of carbonyl (C=O) groups is 2. The Morgan fingerprint density at radius 1 is 1.06 bits per heavy atom. The van der Waals surface area contributed by atoms with Crippen LogP contribution in [0.1, 0.15) is 0 Å². The zero-order valence-corrected chi connectivity index (χ0v) is 9.77. The molecule has 0 bridgehead atoms. The third kappa shape index (κ3) is 12.4. The summed E-state index contributed by atoms with van der Waals surface area (Å²) >= 11 is 0. The number of hydrogen-bond acceptors (Lipinski definition) is 6. The number of hydrogen-bond donors (Lipinski definition) is 2. The second-order valence-corrected chi connectivity index (χ2v) is 2.81. The van der Waals surface area contributed by atoms with Crippen molar-refractivity contribution in [2.45, 2.75) is 0 Å². The molecule has 0 aliphatic heterocycles. The monoisotopic (exact) mass is 250 g/mol. The van der Waals surface area contributed by atoms with Crippen LogP contribution in [0.15, 0.2) is 0 Å². The summed E-state index contributed by atoms with van der Waals surface area (Å²) in [6.07, 6.45) is -1.31. The van der Waals surface area contributed by atoms with Gasteiger partial charge in [0.15, 0.2) is 0 Å². The van der Waals surface area contributed by atoms with Crippen LogP contribution >= 0.6 is 0 Å². The number of alkyl carbamates (subject to hydrolysis) is 1. The van der Waals surface area contributed by atoms with Gasteiger partial charge in [0.05, 0.1) is 33.5 Å². The highest BCUT2D eigenvalue weighted by Crippen LogP contribution is 1.81. The summed E-state index contributed by atoms with van der Waals surface area (Å²) in [5.74, 6) is 0. The minimum atomic E-state index is -0.821. The minimum absolute atomic E-state index is 0.124. The van der Waals surface area contributed by atoms with Gasteiger partial charge in [0, 0.05) is 6.54 Å². The summed E-state index contributed by atoms with van der Waals surface area (Å²) in [4.78, 5) is 20.8. The summed E-state index contributed by atoms with van der Waals surface area (Å²) < 4.78 is 19.0. The summed E-state index contributed by atoms with van der Waals surface area (Å²) in [6.45, 7) is 1.90. The molecular weight excluding hydrogens is 232 g/mol. The van der Waals surface area contributed by atoms with Crippen molar-refractivity contribution in [1.29, 1.82) is 0 Å². The molecule has 0 atom stereocenters. The first-order valence-corrected chi connectivity index (χ1v) is 5.06. The highest BCUT2D eigenvalue weighted by Gasteiger charge is 1.96. The molecule has 0 aliphatic carbocycles. The number of nitrogens with one attached hydrogen (secondary N) is 1. The van der Waals surface area contributed by atoms with Crippen molar-refractivity contribution >= 4 is 12.2 Å². The van der Waals surface area contributed by atoms with Gasteiger partial charge in [-0.25, -0.2) is 9.59 Å². The number of ether oxygens (including phenoxy) is 4. The molecule has 8 heteroatoms. The number of rotatable bonds is 9. The molecule has 8 nitrogen and oxygen atoms in total. The van der Waals surface area contributed by atoms with Gasteiger partial charge in [0.25, 0.3) is 0 Å². The van der Waals surface area contributed by atoms with E-state index in [0.717, 1.165) is 0 Å². The Hall–Kier alpha value is -1.54. The average molecular weight is 250 g/mol. The smallest absolute Gasteiger partial charge is 0.406 e. The maximum absolute atomic E-state index is 10.6. The van der Waals surface area contributed by atoms with Crippen LogP contribution in [0.4, 0.5) is 9.59 Å². The van der Waals surface area contributed by atoms with E-state index in [-0.39, 0.29) is 13.2 Å². The van der Waals surface area contributed by atoms with Gasteiger partial charge in [0.2, 0.25) is 0 Å². The Labute approximate surface area is 99.3 Å². The predicted molar refractivity (Wildman–Crippen MR) is 57.6 cm³/mol. The quantitative estimate of drug-likeness (QED) is 0.532. The summed E-state index contributed by atoms with van der Waals surface area (Å²) in [5.41, 5.74) is 4.74. The van der Waals surface area contributed by atoms with E-state index in [4.69, 9.17) is 15.2 Å². The van der Waals surface area contributed by atoms with E-state index >= 15 is 0 Å². The van der Waals surface area contributed by atoms with E-state index in [0.29, 0.717) is 26.4 Å². The van der Waals surface area contributed by atoms with E-state index in [1.165, 1.54) is 7.11 Å². The van der Waals surface area contributed by atoms with E-state index in [2.05, 4.69) is 14.8 Å². The van der Waals surface area contributed by atoms with Gasteiger partial charge in [0.1, 0.15) is 6.61 Å². The molecule has 3 N–H and O–H groups in total. The van der Waals surface area contributed by atoms with Crippen molar-refractivity contribution < 1.29 is 28.5 Å². The first-order valence-electron chi connectivity index (χ1n) is 5.06. The molecule has 0 fully saturated rings. The van der Waals surface area contributed by atoms with Crippen LogP contribution < -0.4 is 11.1 Å². The minimum Gasteiger partial charge on any atom is -0.453 e. The van der Waals surface area contributed by atoms with Crippen LogP contribution in [0, 0.1) is 0 Å². The first-order chi connectivity index (χ1) is 8.16. The van der Waals surface area contributed by atoms with Gasteiger partial charge < -0.3 is 30.0 Å². The van der Waals surface area contributed by atoms with Crippen molar-refractivity contribution in [2.24, 2.45) is 5.73 Å². The SMILES string of the molecule is COC(=O)NCCOCCOCCOC(N)=O. The Morgan fingerprint density at radius 2 is 1.65 bits per heavy atom. The lowest BCUT2D eigenvalue weighted by molar-refractivity contribution is 0.0300. The maximum Gasteiger partial charge on any atom is 0.406 e. The fourth-order valence-corrected chi connectivity index (χ4v) is 0.821. The highest BCUT2D eigenvalue weighted by molar-refractivity contribution is 5.66. The van der Waals surface area contributed by atoms with Crippen LogP contribution in [0.25, 0.3) is 0 Å². The molecule has 0 aromatic rings. The van der Waals surface area contributed by atoms with E-state index in [9.17, 15) is 9.59 Å². The molecule has 2 amide bonds. The lowest BCUT2D eigenvalue weighted by atomic mass is 10.6. The molecule has 0 unspecified atom stereocenters. The average Bonchev–Trinajstić information content (AvgIpc) is 2.30. The van der Waals surface area contributed by atoms with Gasteiger partial charge in [-0.15, -0.1) is 0 Å². The maximum atomic E-state index is 10.6. The number of carbonyl (C=O) groups excluding carboxylic acids is 2. The van der Waals surface area contributed by atoms with Crippen LogP contribution in [0.2, 0.25) is 0 Å². The molecule has 0 aliphatic rings. The second-order valence-electron chi connectivity index (χ2n) is 2.81. The van der Waals surface area contributed by atoms with Gasteiger partial charge in [-0.1, -0.05) is 0 Å². The first kappa shape index (κ1) is 15.5. The fourth-order valence-electron chi connectivity index (χ4n) is 0.821. The lowest BCUT2D eigenvalue weighted by Gasteiger charge is -2.06. The van der Waals surface area contributed by atoms with Gasteiger partial charge >= 0.3 is 12.2 Å². The van der Waals surface area contributed by atoms with Crippen molar-refractivity contribution in [3.05, 3.63) is 0 Å². The van der Waals surface area contributed by atoms with Crippen LogP contribution in [0.3, 0.4) is 0 Å². The zero-order chi connectivity index (χ0) is 12.9. The standard InChI is InChI=1S/C9H18N2O6/c1-14-9(13)11-2-3-15-4-5-16-6-7-17-8(10)12/h2-7H2,1H3,(H2,10,12)(H,11,13). The van der Waals surface area contributed by atoms with Gasteiger partial charge in [-0.3, -0.25) is 0 Å². The van der Waals surface area contributed by atoms with Gasteiger partial charge in [-0.2, -0.15) is 0 Å². The summed E-state index contributed by atoms with van der Waals surface area (Å²) in [6, 6.07) is 0. The molecule has 0 heterocycles. The number of methoxy groups -OCH3 is 1. The van der Waals surface area contributed by atoms with E-state index in [1.54, 1.807) is 0 Å². The van der Waals surface area contributed by atoms with Crippen molar-refractivity contribution in [1.82, 2.24) is 5.32 Å². The fraction of sp³-hybridized carbons (Fsp3) is 0.778. The summed E-state index contributed by atoms with van der Waals surface area (Å²) in [5, 5.41) is 2.46. The third-order valence-electron chi connectivity index (χ3n) is 1.55. The lowest BCUT2D eigenvalue weighted by Crippen LogP contribution is -2.27. The molecule has 0 aromatic heterocycles. The Kier molecular flexibility index (Phi) is 9.97. The van der Waals surface area contributed by atoms with Crippen molar-refractivity contribution in [3.63, 3.8) is 0 Å². The normalized spacial score (nSPS) is 9.71. The predicted octanol–water partition coefficient (Wildman–Crippen LogP) is -0.529. The summed E-state index contributed by atoms with van der Waals surface area (Å²) in [7, 11) is 1.29. The molecular formula is C9H18N2O6. The molecule has 100 valence electrons. The number of nitrogens with two attached hydrogens (primary N) is 1. The Balaban J connectivity index is 3.03. The van der Waals surface area contributed by atoms with Crippen molar-refractivity contribution in [3.8, 4) is 0 Å². The molecule has 0 saturated heterocycles. The zero-order valence-electron chi connectivity index (χ0n) is 9.77. The van der Waals surface area contributed by atoms with Gasteiger partial charge in [-0.05, 0) is 0 Å². The molecule has 0 saturated carbocycles. The van der Waals surface area contributed by atoms with E-state index < -0.39 is 12.2 Å². The molecule has 0 radical (unpaired) electrons. The largest absolute Gasteiger partial charge is 0.453 e. The van der Waals surface area contributed by atoms with E-state index in [1.807, 2.05) is 0 Å². The number of amides is 2. The second kappa shape index (κ2) is 11.0. The number of primary amides is 1. The highest BCUT2D eigenvalue weighted by atomic mass is 16.6. The van der Waals surface area contributed by atoms with Crippen LogP contribution in [0.5, 0.6) is 0 Å². The molecule has 0 aromatic carbocycles. The van der Waals surface area contributed by atoms with Crippen LogP contribution in [-0.2, 0) is 18.9 Å². The molecule has 0 rings (SSSR count). The molecule has 0 spiro atoms. The third-order valence-corrected chi connectivity index (χ3v) is 1.55. The topological polar surface area (TPSA) is 109 Å². The Bertz CT molecular complexity index is 224. The van der Waals surface area contributed by atoms with Crippen molar-refractivity contribution in [2.75, 3.05) is 46.7 Å².